The zero-order valence-electron chi connectivity index (χ0n) is 11.7. The second kappa shape index (κ2) is 5.50. The summed E-state index contributed by atoms with van der Waals surface area (Å²) >= 11 is 0. The van der Waals surface area contributed by atoms with Gasteiger partial charge in [-0.2, -0.15) is 0 Å². The van der Waals surface area contributed by atoms with Crippen LogP contribution in [0.2, 0.25) is 0 Å². The molecular formula is C14H29NO. The maximum Gasteiger partial charge on any atom is 0.0701 e. The normalized spacial score (nSPS) is 19.9. The van der Waals surface area contributed by atoms with E-state index in [4.69, 9.17) is 4.74 Å². The Morgan fingerprint density at radius 2 is 1.88 bits per heavy atom. The summed E-state index contributed by atoms with van der Waals surface area (Å²) in [6.45, 7) is 13.2. The predicted octanol–water partition coefficient (Wildman–Crippen LogP) is 3.36. The van der Waals surface area contributed by atoms with Crippen molar-refractivity contribution in [2.24, 2.45) is 5.92 Å². The van der Waals surface area contributed by atoms with Gasteiger partial charge in [0, 0.05) is 0 Å². The largest absolute Gasteiger partial charge is 0.369 e. The van der Waals surface area contributed by atoms with Gasteiger partial charge < -0.3 is 10.1 Å². The molecule has 0 atom stereocenters. The summed E-state index contributed by atoms with van der Waals surface area (Å²) in [7, 11) is 0. The van der Waals surface area contributed by atoms with Gasteiger partial charge in [0.25, 0.3) is 0 Å². The summed E-state index contributed by atoms with van der Waals surface area (Å²) in [5.74, 6) is 0.737. The maximum atomic E-state index is 6.23. The summed E-state index contributed by atoms with van der Waals surface area (Å²) in [6, 6.07) is 0. The van der Waals surface area contributed by atoms with Crippen molar-refractivity contribution < 1.29 is 4.74 Å². The van der Waals surface area contributed by atoms with Crippen molar-refractivity contribution in [2.45, 2.75) is 71.5 Å². The zero-order valence-corrected chi connectivity index (χ0v) is 11.7. The summed E-state index contributed by atoms with van der Waals surface area (Å²) in [5.41, 5.74) is 0.181. The fourth-order valence-electron chi connectivity index (χ4n) is 2.33. The molecule has 0 heterocycles. The molecule has 0 aliphatic heterocycles. The second-order valence-corrected chi connectivity index (χ2v) is 6.60. The van der Waals surface area contributed by atoms with Crippen LogP contribution in [-0.2, 0) is 4.74 Å². The highest BCUT2D eigenvalue weighted by molar-refractivity contribution is 4.92. The van der Waals surface area contributed by atoms with Crippen LogP contribution in [0.5, 0.6) is 0 Å². The Hall–Kier alpha value is -0.0800. The fraction of sp³-hybridized carbons (Fsp3) is 1.00. The van der Waals surface area contributed by atoms with Crippen LogP contribution in [0.25, 0.3) is 0 Å². The van der Waals surface area contributed by atoms with E-state index in [1.165, 1.54) is 19.3 Å². The average molecular weight is 227 g/mol. The second-order valence-electron chi connectivity index (χ2n) is 6.60. The van der Waals surface area contributed by atoms with E-state index in [1.54, 1.807) is 0 Å². The first-order chi connectivity index (χ1) is 7.33. The molecule has 1 fully saturated rings. The highest BCUT2D eigenvalue weighted by Crippen LogP contribution is 2.41. The lowest BCUT2D eigenvalue weighted by molar-refractivity contribution is -0.173. The first-order valence-corrected chi connectivity index (χ1v) is 6.74. The van der Waals surface area contributed by atoms with Gasteiger partial charge in [0.1, 0.15) is 0 Å². The smallest absolute Gasteiger partial charge is 0.0701 e. The highest BCUT2D eigenvalue weighted by atomic mass is 16.5. The zero-order chi connectivity index (χ0) is 12.2. The molecule has 96 valence electrons. The monoisotopic (exact) mass is 227 g/mol. The van der Waals surface area contributed by atoms with Gasteiger partial charge in [-0.05, 0) is 65.5 Å². The number of hydrogen-bond donors (Lipinski definition) is 1. The Morgan fingerprint density at radius 1 is 1.25 bits per heavy atom. The molecule has 1 N–H and O–H groups in total. The Balaban J connectivity index is 2.26. The van der Waals surface area contributed by atoms with E-state index in [-0.39, 0.29) is 11.2 Å². The van der Waals surface area contributed by atoms with Gasteiger partial charge >= 0.3 is 0 Å². The molecule has 1 rings (SSSR count). The predicted molar refractivity (Wildman–Crippen MR) is 69.7 cm³/mol. The van der Waals surface area contributed by atoms with Crippen LogP contribution in [0, 0.1) is 5.92 Å². The van der Waals surface area contributed by atoms with Gasteiger partial charge in [-0.1, -0.05) is 13.8 Å². The minimum atomic E-state index is -0.00152. The third-order valence-corrected chi connectivity index (χ3v) is 3.10. The van der Waals surface area contributed by atoms with E-state index in [2.05, 4.69) is 39.9 Å². The van der Waals surface area contributed by atoms with E-state index in [9.17, 15) is 0 Å². The molecule has 1 saturated carbocycles. The first-order valence-electron chi connectivity index (χ1n) is 6.74. The van der Waals surface area contributed by atoms with Crippen molar-refractivity contribution in [3.63, 3.8) is 0 Å². The van der Waals surface area contributed by atoms with Crippen LogP contribution in [-0.4, -0.2) is 24.3 Å². The van der Waals surface area contributed by atoms with E-state index >= 15 is 0 Å². The molecule has 0 amide bonds. The summed E-state index contributed by atoms with van der Waals surface area (Å²) in [5, 5.41) is 3.51. The summed E-state index contributed by atoms with van der Waals surface area (Å²) in [4.78, 5) is 0. The SMILES string of the molecule is CC(C)CNCCC1(OC(C)(C)C)CCC1. The summed E-state index contributed by atoms with van der Waals surface area (Å²) < 4.78 is 6.23. The van der Waals surface area contributed by atoms with E-state index < -0.39 is 0 Å². The third kappa shape index (κ3) is 4.84. The lowest BCUT2D eigenvalue weighted by Crippen LogP contribution is -2.47. The van der Waals surface area contributed by atoms with Gasteiger partial charge in [-0.3, -0.25) is 0 Å². The van der Waals surface area contributed by atoms with Crippen LogP contribution in [0.1, 0.15) is 60.3 Å². The van der Waals surface area contributed by atoms with Crippen molar-refractivity contribution in [3.8, 4) is 0 Å². The van der Waals surface area contributed by atoms with Crippen LogP contribution >= 0.6 is 0 Å². The highest BCUT2D eigenvalue weighted by Gasteiger charge is 2.40. The first kappa shape index (κ1) is 14.0. The maximum absolute atomic E-state index is 6.23. The molecule has 0 bridgehead atoms. The van der Waals surface area contributed by atoms with Gasteiger partial charge in [-0.25, -0.2) is 0 Å². The molecule has 16 heavy (non-hydrogen) atoms. The standard InChI is InChI=1S/C14H29NO/c1-12(2)11-15-10-9-14(7-6-8-14)16-13(3,4)5/h12,15H,6-11H2,1-5H3. The Labute approximate surface area is 101 Å². The van der Waals surface area contributed by atoms with Crippen LogP contribution in [0.4, 0.5) is 0 Å². The average Bonchev–Trinajstić information content (AvgIpc) is 2.05. The Morgan fingerprint density at radius 3 is 2.25 bits per heavy atom. The lowest BCUT2D eigenvalue weighted by Gasteiger charge is -2.46. The van der Waals surface area contributed by atoms with Gasteiger partial charge in [0.15, 0.2) is 0 Å². The molecule has 0 radical (unpaired) electrons. The van der Waals surface area contributed by atoms with E-state index in [0.717, 1.165) is 25.4 Å². The van der Waals surface area contributed by atoms with Gasteiger partial charge in [0.2, 0.25) is 0 Å². The van der Waals surface area contributed by atoms with Gasteiger partial charge in [-0.15, -0.1) is 0 Å². The molecule has 2 heteroatoms. The lowest BCUT2D eigenvalue weighted by atomic mass is 9.77. The van der Waals surface area contributed by atoms with Crippen molar-refractivity contribution >= 4 is 0 Å². The molecule has 1 aliphatic rings. The quantitative estimate of drug-likeness (QED) is 0.703. The number of rotatable bonds is 6. The summed E-state index contributed by atoms with van der Waals surface area (Å²) in [6.07, 6.45) is 4.98. The van der Waals surface area contributed by atoms with E-state index in [1.807, 2.05) is 0 Å². The Kier molecular flexibility index (Phi) is 4.81. The van der Waals surface area contributed by atoms with Crippen molar-refractivity contribution in [1.29, 1.82) is 0 Å². The molecular weight excluding hydrogens is 198 g/mol. The molecule has 0 unspecified atom stereocenters. The minimum Gasteiger partial charge on any atom is -0.369 e. The molecule has 0 aromatic rings. The van der Waals surface area contributed by atoms with Crippen molar-refractivity contribution in [1.82, 2.24) is 5.32 Å². The molecule has 0 saturated heterocycles. The van der Waals surface area contributed by atoms with Crippen molar-refractivity contribution in [2.75, 3.05) is 13.1 Å². The molecule has 0 aromatic carbocycles. The number of nitrogens with one attached hydrogen (secondary N) is 1. The fourth-order valence-corrected chi connectivity index (χ4v) is 2.33. The molecule has 2 nitrogen and oxygen atoms in total. The van der Waals surface area contributed by atoms with E-state index in [0.29, 0.717) is 0 Å². The minimum absolute atomic E-state index is 0.00152. The van der Waals surface area contributed by atoms with Crippen molar-refractivity contribution in [3.05, 3.63) is 0 Å². The molecule has 0 aromatic heterocycles. The Bertz CT molecular complexity index is 201. The topological polar surface area (TPSA) is 21.3 Å². The van der Waals surface area contributed by atoms with Crippen LogP contribution in [0.3, 0.4) is 0 Å². The third-order valence-electron chi connectivity index (χ3n) is 3.10. The number of ether oxygens (including phenoxy) is 1. The van der Waals surface area contributed by atoms with Crippen LogP contribution in [0.15, 0.2) is 0 Å². The number of hydrogen-bond acceptors (Lipinski definition) is 2. The van der Waals surface area contributed by atoms with Crippen LogP contribution < -0.4 is 5.32 Å². The molecule has 0 spiro atoms. The van der Waals surface area contributed by atoms with Gasteiger partial charge in [0.05, 0.1) is 11.2 Å². The molecule has 1 aliphatic carbocycles.